The Morgan fingerprint density at radius 1 is 1.15 bits per heavy atom. The van der Waals surface area contributed by atoms with Crippen molar-refractivity contribution < 1.29 is 9.53 Å². The Balaban J connectivity index is 2.50. The first-order valence-corrected chi connectivity index (χ1v) is 6.45. The predicted octanol–water partition coefficient (Wildman–Crippen LogP) is 2.37. The number of carbonyl (C=O) groups excluding carboxylic acids is 1. The van der Waals surface area contributed by atoms with Crippen LogP contribution in [0.1, 0.15) is 12.8 Å². The second-order valence-corrected chi connectivity index (χ2v) is 4.38. The van der Waals surface area contributed by atoms with Crippen molar-refractivity contribution in [2.45, 2.75) is 12.8 Å². The summed E-state index contributed by atoms with van der Waals surface area (Å²) in [6.07, 6.45) is 0.468. The highest BCUT2D eigenvalue weighted by Crippen LogP contribution is 2.15. The molecule has 104 valence electrons. The van der Waals surface area contributed by atoms with Crippen LogP contribution in [0.15, 0.2) is 24.3 Å². The summed E-state index contributed by atoms with van der Waals surface area (Å²) in [5, 5.41) is 17.7. The number of carbonyl (C=O) groups is 1. The first kappa shape index (κ1) is 15.8. The van der Waals surface area contributed by atoms with E-state index in [0.29, 0.717) is 23.9 Å². The van der Waals surface area contributed by atoms with Gasteiger partial charge in [0.1, 0.15) is 5.75 Å². The monoisotopic (exact) mass is 291 g/mol. The minimum Gasteiger partial charge on any atom is -0.484 e. The van der Waals surface area contributed by atoms with Crippen molar-refractivity contribution >= 4 is 17.5 Å². The molecule has 0 aromatic heterocycles. The van der Waals surface area contributed by atoms with Crippen molar-refractivity contribution in [3.05, 3.63) is 29.3 Å². The largest absolute Gasteiger partial charge is 0.484 e. The van der Waals surface area contributed by atoms with Gasteiger partial charge in [0.15, 0.2) is 6.61 Å². The average molecular weight is 292 g/mol. The summed E-state index contributed by atoms with van der Waals surface area (Å²) in [5.41, 5.74) is 0. The molecule has 0 N–H and O–H groups in total. The number of nitrogens with zero attached hydrogens (tertiary/aromatic N) is 3. The highest BCUT2D eigenvalue weighted by Gasteiger charge is 2.13. The lowest BCUT2D eigenvalue weighted by Gasteiger charge is -2.20. The molecular weight excluding hydrogens is 278 g/mol. The zero-order valence-corrected chi connectivity index (χ0v) is 11.6. The number of rotatable bonds is 7. The Bertz CT molecular complexity index is 499. The molecule has 0 saturated heterocycles. The molecule has 0 saturated carbocycles. The van der Waals surface area contributed by atoms with E-state index in [1.54, 1.807) is 24.3 Å². The second-order valence-electron chi connectivity index (χ2n) is 3.94. The molecule has 0 fully saturated rings. The minimum absolute atomic E-state index is 0.126. The lowest BCUT2D eigenvalue weighted by molar-refractivity contribution is -0.133. The van der Waals surface area contributed by atoms with Crippen molar-refractivity contribution in [1.29, 1.82) is 10.5 Å². The van der Waals surface area contributed by atoms with Crippen molar-refractivity contribution in [1.82, 2.24) is 4.90 Å². The lowest BCUT2D eigenvalue weighted by atomic mass is 10.3. The van der Waals surface area contributed by atoms with Crippen molar-refractivity contribution in [2.24, 2.45) is 0 Å². The number of ether oxygens (including phenoxy) is 1. The van der Waals surface area contributed by atoms with Crippen LogP contribution < -0.4 is 4.74 Å². The fraction of sp³-hybridized carbons (Fsp3) is 0.357. The fourth-order valence-electron chi connectivity index (χ4n) is 1.50. The third-order valence-electron chi connectivity index (χ3n) is 2.52. The van der Waals surface area contributed by atoms with Gasteiger partial charge < -0.3 is 9.64 Å². The maximum atomic E-state index is 12.0. The zero-order valence-electron chi connectivity index (χ0n) is 10.9. The van der Waals surface area contributed by atoms with Crippen molar-refractivity contribution in [3.8, 4) is 17.9 Å². The van der Waals surface area contributed by atoms with E-state index in [0.717, 1.165) is 0 Å². The number of amides is 1. The van der Waals surface area contributed by atoms with E-state index in [1.807, 2.05) is 12.1 Å². The quantitative estimate of drug-likeness (QED) is 0.773. The number of halogens is 1. The van der Waals surface area contributed by atoms with Gasteiger partial charge in [-0.1, -0.05) is 11.6 Å². The molecule has 1 aromatic carbocycles. The maximum absolute atomic E-state index is 12.0. The zero-order chi connectivity index (χ0) is 14.8. The Kier molecular flexibility index (Phi) is 6.95. The standard InChI is InChI=1S/C14H14ClN3O2/c15-12-3-5-13(6-4-12)20-11-14(19)18(9-1-7-16)10-2-8-17/h3-6H,1-2,9-11H2. The Morgan fingerprint density at radius 2 is 1.70 bits per heavy atom. The summed E-state index contributed by atoms with van der Waals surface area (Å²) in [6, 6.07) is 10.6. The van der Waals surface area contributed by atoms with Gasteiger partial charge >= 0.3 is 0 Å². The Labute approximate surface area is 122 Å². The highest BCUT2D eigenvalue weighted by atomic mass is 35.5. The molecular formula is C14H14ClN3O2. The van der Waals surface area contributed by atoms with E-state index in [9.17, 15) is 4.79 Å². The average Bonchev–Trinajstić information content (AvgIpc) is 2.46. The molecule has 0 bridgehead atoms. The van der Waals surface area contributed by atoms with Crippen LogP contribution in [-0.4, -0.2) is 30.5 Å². The van der Waals surface area contributed by atoms with Crippen molar-refractivity contribution in [3.63, 3.8) is 0 Å². The van der Waals surface area contributed by atoms with Gasteiger partial charge in [-0.25, -0.2) is 0 Å². The van der Waals surface area contributed by atoms with E-state index < -0.39 is 0 Å². The van der Waals surface area contributed by atoms with Crippen LogP contribution in [0, 0.1) is 22.7 Å². The fourth-order valence-corrected chi connectivity index (χ4v) is 1.62. The summed E-state index contributed by atoms with van der Waals surface area (Å²) in [4.78, 5) is 13.4. The molecule has 1 amide bonds. The van der Waals surface area contributed by atoms with Crippen LogP contribution >= 0.6 is 11.6 Å². The van der Waals surface area contributed by atoms with Crippen molar-refractivity contribution in [2.75, 3.05) is 19.7 Å². The van der Waals surface area contributed by atoms with Crippen LogP contribution in [0.4, 0.5) is 0 Å². The number of benzene rings is 1. The molecule has 0 atom stereocenters. The third-order valence-corrected chi connectivity index (χ3v) is 2.77. The molecule has 0 aliphatic heterocycles. The smallest absolute Gasteiger partial charge is 0.260 e. The van der Waals surface area contributed by atoms with E-state index in [4.69, 9.17) is 26.9 Å². The molecule has 20 heavy (non-hydrogen) atoms. The first-order chi connectivity index (χ1) is 9.67. The third kappa shape index (κ3) is 5.60. The number of hydrogen-bond acceptors (Lipinski definition) is 4. The van der Waals surface area contributed by atoms with Crippen LogP contribution in [0.5, 0.6) is 5.75 Å². The Hall–Kier alpha value is -2.24. The van der Waals surface area contributed by atoms with Gasteiger partial charge in [-0.2, -0.15) is 10.5 Å². The van der Waals surface area contributed by atoms with Gasteiger partial charge in [-0.15, -0.1) is 0 Å². The lowest BCUT2D eigenvalue weighted by Crippen LogP contribution is -2.36. The van der Waals surface area contributed by atoms with Crippen LogP contribution in [0.2, 0.25) is 5.02 Å². The first-order valence-electron chi connectivity index (χ1n) is 6.07. The van der Waals surface area contributed by atoms with E-state index >= 15 is 0 Å². The molecule has 0 radical (unpaired) electrons. The molecule has 1 rings (SSSR count). The van der Waals surface area contributed by atoms with E-state index in [1.165, 1.54) is 4.90 Å². The second kappa shape index (κ2) is 8.79. The molecule has 0 spiro atoms. The molecule has 5 nitrogen and oxygen atoms in total. The number of nitriles is 2. The SMILES string of the molecule is N#CCCN(CCC#N)C(=O)COc1ccc(Cl)cc1. The van der Waals surface area contributed by atoms with Gasteiger partial charge in [0.05, 0.1) is 25.0 Å². The molecule has 0 aliphatic carbocycles. The van der Waals surface area contributed by atoms with Gasteiger partial charge in [-0.05, 0) is 24.3 Å². The molecule has 0 aliphatic rings. The predicted molar refractivity (Wildman–Crippen MR) is 74.0 cm³/mol. The van der Waals surface area contributed by atoms with Crippen LogP contribution in [0.3, 0.4) is 0 Å². The molecule has 0 heterocycles. The topological polar surface area (TPSA) is 77.1 Å². The van der Waals surface area contributed by atoms with Gasteiger partial charge in [-0.3, -0.25) is 4.79 Å². The van der Waals surface area contributed by atoms with Gasteiger partial charge in [0, 0.05) is 18.1 Å². The summed E-state index contributed by atoms with van der Waals surface area (Å²) < 4.78 is 5.35. The van der Waals surface area contributed by atoms with E-state index in [-0.39, 0.29) is 25.4 Å². The summed E-state index contributed by atoms with van der Waals surface area (Å²) >= 11 is 5.75. The van der Waals surface area contributed by atoms with Gasteiger partial charge in [0.2, 0.25) is 0 Å². The van der Waals surface area contributed by atoms with Crippen LogP contribution in [-0.2, 0) is 4.79 Å². The molecule has 1 aromatic rings. The number of hydrogen-bond donors (Lipinski definition) is 0. The minimum atomic E-state index is -0.245. The highest BCUT2D eigenvalue weighted by molar-refractivity contribution is 6.30. The van der Waals surface area contributed by atoms with Gasteiger partial charge in [0.25, 0.3) is 5.91 Å². The maximum Gasteiger partial charge on any atom is 0.260 e. The summed E-state index contributed by atoms with van der Waals surface area (Å²) in [5.74, 6) is 0.300. The molecule has 6 heteroatoms. The summed E-state index contributed by atoms with van der Waals surface area (Å²) in [7, 11) is 0. The van der Waals surface area contributed by atoms with Crippen LogP contribution in [0.25, 0.3) is 0 Å². The summed E-state index contributed by atoms with van der Waals surface area (Å²) in [6.45, 7) is 0.487. The normalized spacial score (nSPS) is 9.35. The van der Waals surface area contributed by atoms with E-state index in [2.05, 4.69) is 0 Å². The molecule has 0 unspecified atom stereocenters. The Morgan fingerprint density at radius 3 is 2.20 bits per heavy atom.